The molecule has 1 aromatic rings. The Morgan fingerprint density at radius 1 is 1.18 bits per heavy atom. The van der Waals surface area contributed by atoms with Gasteiger partial charge in [0.15, 0.2) is 0 Å². The summed E-state index contributed by atoms with van der Waals surface area (Å²) in [6.07, 6.45) is 1.49. The summed E-state index contributed by atoms with van der Waals surface area (Å²) in [5, 5.41) is 2.45. The zero-order chi connectivity index (χ0) is 16.4. The Bertz CT molecular complexity index is 509. The normalized spacial score (nSPS) is 11.2. The molecule has 5 nitrogen and oxygen atoms in total. The Balaban J connectivity index is 2.71. The predicted octanol–water partition coefficient (Wildman–Crippen LogP) is 3.06. The molecule has 120 valence electrons. The van der Waals surface area contributed by atoms with E-state index in [1.807, 2.05) is 44.2 Å². The molecule has 0 aliphatic heterocycles. The molecule has 0 saturated carbocycles. The molecule has 0 aliphatic carbocycles. The summed E-state index contributed by atoms with van der Waals surface area (Å²) in [4.78, 5) is 23.6. The van der Waals surface area contributed by atoms with E-state index in [-0.39, 0.29) is 18.2 Å². The highest BCUT2D eigenvalue weighted by Crippen LogP contribution is 2.04. The van der Waals surface area contributed by atoms with Crippen molar-refractivity contribution in [2.45, 2.75) is 27.2 Å². The average Bonchev–Trinajstić information content (AvgIpc) is 2.50. The summed E-state index contributed by atoms with van der Waals surface area (Å²) in [5.41, 5.74) is 1.13. The van der Waals surface area contributed by atoms with Crippen molar-refractivity contribution in [2.75, 3.05) is 13.2 Å². The number of hydrogen-bond donors (Lipinski definition) is 1. The fraction of sp³-hybridized carbons (Fsp3) is 0.412. The molecule has 0 bridgehead atoms. The average molecular weight is 305 g/mol. The van der Waals surface area contributed by atoms with Crippen molar-refractivity contribution in [3.05, 3.63) is 47.7 Å². The van der Waals surface area contributed by atoms with E-state index in [9.17, 15) is 9.59 Å². The highest BCUT2D eigenvalue weighted by atomic mass is 16.6. The van der Waals surface area contributed by atoms with Gasteiger partial charge in [-0.2, -0.15) is 0 Å². The second-order valence-corrected chi connectivity index (χ2v) is 5.15. The summed E-state index contributed by atoms with van der Waals surface area (Å²) in [7, 11) is 0. The lowest BCUT2D eigenvalue weighted by Crippen LogP contribution is -2.30. The summed E-state index contributed by atoms with van der Waals surface area (Å²) in [6, 6.07) is 9.63. The van der Waals surface area contributed by atoms with Crippen molar-refractivity contribution in [2.24, 2.45) is 5.92 Å². The SMILES string of the molecule is CCOC(=O)/C(=C/Cc1ccccc1)NC(=O)OCC(C)C. The van der Waals surface area contributed by atoms with E-state index in [2.05, 4.69) is 5.32 Å². The Hall–Kier alpha value is -2.30. The number of carbonyl (C=O) groups is 2. The molecule has 0 aliphatic rings. The van der Waals surface area contributed by atoms with Gasteiger partial charge in [0.05, 0.1) is 13.2 Å². The van der Waals surface area contributed by atoms with Gasteiger partial charge in [-0.15, -0.1) is 0 Å². The van der Waals surface area contributed by atoms with Crippen LogP contribution >= 0.6 is 0 Å². The zero-order valence-corrected chi connectivity index (χ0v) is 13.3. The number of allylic oxidation sites excluding steroid dienone is 1. The number of esters is 1. The Morgan fingerprint density at radius 2 is 1.86 bits per heavy atom. The predicted molar refractivity (Wildman–Crippen MR) is 84.2 cm³/mol. The number of carbonyl (C=O) groups excluding carboxylic acids is 2. The van der Waals surface area contributed by atoms with E-state index < -0.39 is 12.1 Å². The summed E-state index contributed by atoms with van der Waals surface area (Å²) < 4.78 is 9.96. The van der Waals surface area contributed by atoms with Gasteiger partial charge in [0, 0.05) is 0 Å². The van der Waals surface area contributed by atoms with Gasteiger partial charge in [-0.25, -0.2) is 9.59 Å². The van der Waals surface area contributed by atoms with E-state index in [4.69, 9.17) is 9.47 Å². The number of alkyl carbamates (subject to hydrolysis) is 1. The molecule has 0 fully saturated rings. The van der Waals surface area contributed by atoms with Crippen LogP contribution in [0.15, 0.2) is 42.1 Å². The minimum Gasteiger partial charge on any atom is -0.461 e. The first kappa shape index (κ1) is 17.8. The summed E-state index contributed by atoms with van der Waals surface area (Å²) in [5.74, 6) is -0.343. The standard InChI is InChI=1S/C17H23NO4/c1-4-21-16(19)15(18-17(20)22-12-13(2)3)11-10-14-8-6-5-7-9-14/h5-9,11,13H,4,10,12H2,1-3H3,(H,18,20)/b15-11-. The van der Waals surface area contributed by atoms with Gasteiger partial charge in [0.1, 0.15) is 5.70 Å². The van der Waals surface area contributed by atoms with Gasteiger partial charge in [0.2, 0.25) is 0 Å². The number of ether oxygens (including phenoxy) is 2. The van der Waals surface area contributed by atoms with E-state index in [1.165, 1.54) is 0 Å². The van der Waals surface area contributed by atoms with Crippen LogP contribution < -0.4 is 5.32 Å². The molecule has 0 radical (unpaired) electrons. The Kier molecular flexibility index (Phi) is 7.75. The zero-order valence-electron chi connectivity index (χ0n) is 13.3. The second-order valence-electron chi connectivity index (χ2n) is 5.15. The quantitative estimate of drug-likeness (QED) is 0.621. The van der Waals surface area contributed by atoms with Crippen molar-refractivity contribution >= 4 is 12.1 Å². The van der Waals surface area contributed by atoms with E-state index in [0.717, 1.165) is 5.56 Å². The Labute approximate surface area is 131 Å². The monoisotopic (exact) mass is 305 g/mol. The second kappa shape index (κ2) is 9.60. The molecule has 1 rings (SSSR count). The number of benzene rings is 1. The molecule has 0 spiro atoms. The fourth-order valence-electron chi connectivity index (χ4n) is 1.62. The van der Waals surface area contributed by atoms with Gasteiger partial charge in [-0.05, 0) is 30.9 Å². The third-order valence-electron chi connectivity index (χ3n) is 2.66. The van der Waals surface area contributed by atoms with Crippen molar-refractivity contribution in [1.29, 1.82) is 0 Å². The minimum atomic E-state index is -0.652. The number of nitrogens with one attached hydrogen (secondary N) is 1. The minimum absolute atomic E-state index is 0.0967. The van der Waals surface area contributed by atoms with Crippen LogP contribution in [0, 0.1) is 5.92 Å². The maximum atomic E-state index is 11.9. The molecule has 0 aromatic heterocycles. The fourth-order valence-corrected chi connectivity index (χ4v) is 1.62. The molecule has 1 amide bonds. The lowest BCUT2D eigenvalue weighted by atomic mass is 10.1. The van der Waals surface area contributed by atoms with Gasteiger partial charge in [0.25, 0.3) is 0 Å². The highest BCUT2D eigenvalue weighted by Gasteiger charge is 2.15. The maximum Gasteiger partial charge on any atom is 0.411 e. The third-order valence-corrected chi connectivity index (χ3v) is 2.66. The molecule has 0 unspecified atom stereocenters. The van der Waals surface area contributed by atoms with Crippen molar-refractivity contribution in [3.63, 3.8) is 0 Å². The van der Waals surface area contributed by atoms with Gasteiger partial charge in [-0.1, -0.05) is 44.2 Å². The molecule has 0 atom stereocenters. The summed E-state index contributed by atoms with van der Waals surface area (Å²) in [6.45, 7) is 6.12. The summed E-state index contributed by atoms with van der Waals surface area (Å²) >= 11 is 0. The van der Waals surface area contributed by atoms with E-state index >= 15 is 0 Å². The Morgan fingerprint density at radius 3 is 2.45 bits per heavy atom. The van der Waals surface area contributed by atoms with Crippen LogP contribution in [0.1, 0.15) is 26.3 Å². The van der Waals surface area contributed by atoms with Crippen LogP contribution in [-0.4, -0.2) is 25.3 Å². The van der Waals surface area contributed by atoms with Gasteiger partial charge >= 0.3 is 12.1 Å². The number of rotatable bonds is 7. The van der Waals surface area contributed by atoms with E-state index in [1.54, 1.807) is 13.0 Å². The maximum absolute atomic E-state index is 11.9. The molecule has 1 N–H and O–H groups in total. The first-order valence-electron chi connectivity index (χ1n) is 7.38. The van der Waals surface area contributed by atoms with E-state index in [0.29, 0.717) is 13.0 Å². The van der Waals surface area contributed by atoms with Crippen LogP contribution in [0.2, 0.25) is 0 Å². The number of amides is 1. The molecule has 0 saturated heterocycles. The van der Waals surface area contributed by atoms with Crippen molar-refractivity contribution in [1.82, 2.24) is 5.32 Å². The molecule has 22 heavy (non-hydrogen) atoms. The molecule has 0 heterocycles. The van der Waals surface area contributed by atoms with Crippen LogP contribution in [0.5, 0.6) is 0 Å². The van der Waals surface area contributed by atoms with Crippen LogP contribution in [0.4, 0.5) is 4.79 Å². The number of hydrogen-bond acceptors (Lipinski definition) is 4. The van der Waals surface area contributed by atoms with Crippen molar-refractivity contribution in [3.8, 4) is 0 Å². The molecule has 1 aromatic carbocycles. The van der Waals surface area contributed by atoms with Crippen LogP contribution in [-0.2, 0) is 20.7 Å². The van der Waals surface area contributed by atoms with Gasteiger partial charge < -0.3 is 9.47 Å². The smallest absolute Gasteiger partial charge is 0.411 e. The van der Waals surface area contributed by atoms with Crippen LogP contribution in [0.3, 0.4) is 0 Å². The topological polar surface area (TPSA) is 64.6 Å². The largest absolute Gasteiger partial charge is 0.461 e. The first-order chi connectivity index (χ1) is 10.5. The highest BCUT2D eigenvalue weighted by molar-refractivity contribution is 5.92. The first-order valence-corrected chi connectivity index (χ1v) is 7.38. The van der Waals surface area contributed by atoms with Crippen LogP contribution in [0.25, 0.3) is 0 Å². The van der Waals surface area contributed by atoms with Crippen molar-refractivity contribution < 1.29 is 19.1 Å². The van der Waals surface area contributed by atoms with Gasteiger partial charge in [-0.3, -0.25) is 5.32 Å². The lowest BCUT2D eigenvalue weighted by molar-refractivity contribution is -0.138. The third kappa shape index (κ3) is 6.92. The molecular formula is C17H23NO4. The lowest BCUT2D eigenvalue weighted by Gasteiger charge is -2.11. The molecule has 5 heteroatoms. The molecular weight excluding hydrogens is 282 g/mol.